The van der Waals surface area contributed by atoms with Gasteiger partial charge < -0.3 is 9.88 Å². The predicted molar refractivity (Wildman–Crippen MR) is 111 cm³/mol. The molecule has 27 heavy (non-hydrogen) atoms. The molecule has 0 saturated carbocycles. The molecule has 0 aliphatic rings. The highest BCUT2D eigenvalue weighted by atomic mass is 35.5. The van der Waals surface area contributed by atoms with Gasteiger partial charge in [-0.15, -0.1) is 11.8 Å². The van der Waals surface area contributed by atoms with Gasteiger partial charge in [-0.05, 0) is 29.8 Å². The van der Waals surface area contributed by atoms with Gasteiger partial charge in [0.2, 0.25) is 5.91 Å². The van der Waals surface area contributed by atoms with E-state index in [-0.39, 0.29) is 5.91 Å². The van der Waals surface area contributed by atoms with Crippen LogP contribution in [0, 0.1) is 0 Å². The van der Waals surface area contributed by atoms with Crippen molar-refractivity contribution in [2.24, 2.45) is 0 Å². The van der Waals surface area contributed by atoms with Gasteiger partial charge in [0.1, 0.15) is 5.82 Å². The minimum Gasteiger partial charge on any atom is -0.356 e. The second kappa shape index (κ2) is 10.2. The number of amides is 1. The number of hydrogen-bond acceptors (Lipinski definition) is 3. The molecule has 0 fully saturated rings. The van der Waals surface area contributed by atoms with Crippen molar-refractivity contribution in [2.75, 3.05) is 12.3 Å². The third kappa shape index (κ3) is 6.45. The van der Waals surface area contributed by atoms with Crippen molar-refractivity contribution in [3.63, 3.8) is 0 Å². The Morgan fingerprint density at radius 3 is 2.67 bits per heavy atom. The van der Waals surface area contributed by atoms with E-state index in [1.54, 1.807) is 11.8 Å². The number of rotatable bonds is 9. The first-order valence-electron chi connectivity index (χ1n) is 8.90. The zero-order valence-electron chi connectivity index (χ0n) is 15.0. The molecule has 0 radical (unpaired) electrons. The van der Waals surface area contributed by atoms with Gasteiger partial charge in [0.25, 0.3) is 0 Å². The van der Waals surface area contributed by atoms with Crippen LogP contribution in [0.5, 0.6) is 0 Å². The van der Waals surface area contributed by atoms with Crippen LogP contribution >= 0.6 is 23.4 Å². The molecule has 1 heterocycles. The Balaban J connectivity index is 1.38. The van der Waals surface area contributed by atoms with E-state index in [1.165, 1.54) is 5.56 Å². The molecule has 1 amide bonds. The van der Waals surface area contributed by atoms with E-state index >= 15 is 0 Å². The van der Waals surface area contributed by atoms with Gasteiger partial charge in [-0.1, -0.05) is 41.9 Å². The second-order valence-corrected chi connectivity index (χ2v) is 7.71. The van der Waals surface area contributed by atoms with E-state index in [0.717, 1.165) is 34.5 Å². The second-order valence-electron chi connectivity index (χ2n) is 6.11. The summed E-state index contributed by atoms with van der Waals surface area (Å²) in [6, 6.07) is 18.0. The summed E-state index contributed by atoms with van der Waals surface area (Å²) in [5.74, 6) is 1.79. The summed E-state index contributed by atoms with van der Waals surface area (Å²) in [6.45, 7) is 1.39. The number of imidazole rings is 1. The van der Waals surface area contributed by atoms with Gasteiger partial charge in [0, 0.05) is 54.0 Å². The molecule has 140 valence electrons. The Morgan fingerprint density at radius 2 is 1.89 bits per heavy atom. The summed E-state index contributed by atoms with van der Waals surface area (Å²) < 4.78 is 2.12. The lowest BCUT2D eigenvalue weighted by Crippen LogP contribution is -2.26. The summed E-state index contributed by atoms with van der Waals surface area (Å²) in [4.78, 5) is 17.6. The van der Waals surface area contributed by atoms with Crippen LogP contribution in [0.4, 0.5) is 0 Å². The molecule has 1 N–H and O–H groups in total. The van der Waals surface area contributed by atoms with Gasteiger partial charge in [-0.25, -0.2) is 4.98 Å². The fourth-order valence-electron chi connectivity index (χ4n) is 2.69. The average Bonchev–Trinajstić information content (AvgIpc) is 3.11. The first kappa shape index (κ1) is 19.5. The van der Waals surface area contributed by atoms with Gasteiger partial charge in [-0.2, -0.15) is 0 Å². The van der Waals surface area contributed by atoms with Crippen LogP contribution in [0.1, 0.15) is 17.8 Å². The van der Waals surface area contributed by atoms with Crippen molar-refractivity contribution in [1.82, 2.24) is 14.9 Å². The quantitative estimate of drug-likeness (QED) is 0.541. The number of benzene rings is 2. The number of nitrogens with zero attached hydrogens (tertiary/aromatic N) is 2. The lowest BCUT2D eigenvalue weighted by molar-refractivity contribution is -0.120. The Bertz CT molecular complexity index is 849. The Labute approximate surface area is 169 Å². The minimum atomic E-state index is 0.0672. The monoisotopic (exact) mass is 399 g/mol. The molecule has 0 bridgehead atoms. The number of aromatic nitrogens is 2. The molecule has 3 rings (SSSR count). The number of hydrogen-bond donors (Lipinski definition) is 1. The molecule has 1 aromatic heterocycles. The van der Waals surface area contributed by atoms with Crippen molar-refractivity contribution in [1.29, 1.82) is 0 Å². The molecule has 0 saturated heterocycles. The standard InChI is InChI=1S/C21H22ClN3OS/c22-18-6-8-19(9-7-18)27-15-11-21(26)24-12-10-20-23-13-14-25(20)16-17-4-2-1-3-5-17/h1-9,13-14H,10-12,15-16H2,(H,24,26). The topological polar surface area (TPSA) is 46.9 Å². The largest absolute Gasteiger partial charge is 0.356 e. The fraction of sp³-hybridized carbons (Fsp3) is 0.238. The molecule has 2 aromatic carbocycles. The highest BCUT2D eigenvalue weighted by Gasteiger charge is 2.06. The summed E-state index contributed by atoms with van der Waals surface area (Å²) >= 11 is 7.53. The molecule has 6 heteroatoms. The van der Waals surface area contributed by atoms with E-state index in [4.69, 9.17) is 11.6 Å². The van der Waals surface area contributed by atoms with E-state index in [1.807, 2.05) is 54.9 Å². The first-order chi connectivity index (χ1) is 13.2. The van der Waals surface area contributed by atoms with Crippen LogP contribution in [-0.2, 0) is 17.8 Å². The van der Waals surface area contributed by atoms with Crippen LogP contribution in [0.3, 0.4) is 0 Å². The Morgan fingerprint density at radius 1 is 1.11 bits per heavy atom. The van der Waals surface area contributed by atoms with E-state index in [0.29, 0.717) is 13.0 Å². The minimum absolute atomic E-state index is 0.0672. The number of carbonyl (C=O) groups is 1. The molecule has 0 aliphatic heterocycles. The zero-order valence-corrected chi connectivity index (χ0v) is 16.5. The molecule has 3 aromatic rings. The average molecular weight is 400 g/mol. The molecule has 0 unspecified atom stereocenters. The van der Waals surface area contributed by atoms with Crippen LogP contribution in [0.15, 0.2) is 71.9 Å². The van der Waals surface area contributed by atoms with Gasteiger partial charge >= 0.3 is 0 Å². The molecular formula is C21H22ClN3OS. The van der Waals surface area contributed by atoms with Gasteiger partial charge in [0.15, 0.2) is 0 Å². The van der Waals surface area contributed by atoms with Gasteiger partial charge in [0.05, 0.1) is 0 Å². The molecular weight excluding hydrogens is 378 g/mol. The number of carbonyl (C=O) groups excluding carboxylic acids is 1. The van der Waals surface area contributed by atoms with Crippen molar-refractivity contribution in [3.8, 4) is 0 Å². The normalized spacial score (nSPS) is 10.7. The third-order valence-corrected chi connectivity index (χ3v) is 5.35. The number of halogens is 1. The Kier molecular flexibility index (Phi) is 7.36. The molecule has 0 aliphatic carbocycles. The van der Waals surface area contributed by atoms with E-state index < -0.39 is 0 Å². The van der Waals surface area contributed by atoms with Crippen LogP contribution < -0.4 is 5.32 Å². The van der Waals surface area contributed by atoms with Gasteiger partial charge in [-0.3, -0.25) is 4.79 Å². The van der Waals surface area contributed by atoms with Crippen molar-refractivity contribution >= 4 is 29.3 Å². The summed E-state index contributed by atoms with van der Waals surface area (Å²) in [5, 5.41) is 3.71. The highest BCUT2D eigenvalue weighted by Crippen LogP contribution is 2.20. The fourth-order valence-corrected chi connectivity index (χ4v) is 3.66. The van der Waals surface area contributed by atoms with Crippen molar-refractivity contribution in [3.05, 3.63) is 83.4 Å². The van der Waals surface area contributed by atoms with Crippen LogP contribution in [0.25, 0.3) is 0 Å². The number of nitrogens with one attached hydrogen (secondary N) is 1. The van der Waals surface area contributed by atoms with E-state index in [9.17, 15) is 4.79 Å². The van der Waals surface area contributed by atoms with Crippen molar-refractivity contribution in [2.45, 2.75) is 24.3 Å². The number of thioether (sulfide) groups is 1. The van der Waals surface area contributed by atoms with Crippen molar-refractivity contribution < 1.29 is 4.79 Å². The Hall–Kier alpha value is -2.24. The maximum Gasteiger partial charge on any atom is 0.220 e. The van der Waals surface area contributed by atoms with Crippen LogP contribution in [0.2, 0.25) is 5.02 Å². The molecule has 0 atom stereocenters. The smallest absolute Gasteiger partial charge is 0.220 e. The summed E-state index contributed by atoms with van der Waals surface area (Å²) in [7, 11) is 0. The molecule has 4 nitrogen and oxygen atoms in total. The lowest BCUT2D eigenvalue weighted by atomic mass is 10.2. The maximum absolute atomic E-state index is 12.0. The third-order valence-electron chi connectivity index (χ3n) is 4.08. The SMILES string of the molecule is O=C(CCSc1ccc(Cl)cc1)NCCc1nccn1Cc1ccccc1. The summed E-state index contributed by atoms with van der Waals surface area (Å²) in [5.41, 5.74) is 1.24. The van der Waals surface area contributed by atoms with E-state index in [2.05, 4.69) is 27.0 Å². The first-order valence-corrected chi connectivity index (χ1v) is 10.3. The predicted octanol–water partition coefficient (Wildman–Crippen LogP) is 4.43. The lowest BCUT2D eigenvalue weighted by Gasteiger charge is -2.09. The van der Waals surface area contributed by atoms with Crippen LogP contribution in [-0.4, -0.2) is 27.8 Å². The maximum atomic E-state index is 12.0. The highest BCUT2D eigenvalue weighted by molar-refractivity contribution is 7.99. The zero-order chi connectivity index (χ0) is 18.9. The summed E-state index contributed by atoms with van der Waals surface area (Å²) in [6.07, 6.45) is 5.00. The molecule has 0 spiro atoms.